The maximum atomic E-state index is 13.5. The Morgan fingerprint density at radius 3 is 2.52 bits per heavy atom. The van der Waals surface area contributed by atoms with Gasteiger partial charge in [0.15, 0.2) is 0 Å². The van der Waals surface area contributed by atoms with Crippen LogP contribution >= 0.6 is 23.2 Å². The second-order valence-electron chi connectivity index (χ2n) is 8.63. The van der Waals surface area contributed by atoms with E-state index in [4.69, 9.17) is 23.2 Å². The molecule has 4 rings (SSSR count). The molecule has 2 N–H and O–H groups in total. The van der Waals surface area contributed by atoms with Crippen LogP contribution in [0.4, 0.5) is 0 Å². The van der Waals surface area contributed by atoms with Gasteiger partial charge in [-0.2, -0.15) is 0 Å². The molecule has 1 saturated carbocycles. The van der Waals surface area contributed by atoms with Gasteiger partial charge in [-0.3, -0.25) is 9.59 Å². The van der Waals surface area contributed by atoms with E-state index in [2.05, 4.69) is 16.4 Å². The van der Waals surface area contributed by atoms with Gasteiger partial charge in [0.1, 0.15) is 11.9 Å². The summed E-state index contributed by atoms with van der Waals surface area (Å²) in [6, 6.07) is 14.6. The lowest BCUT2D eigenvalue weighted by Gasteiger charge is -2.33. The minimum Gasteiger partial charge on any atom is -0.361 e. The van der Waals surface area contributed by atoms with Crippen molar-refractivity contribution in [2.75, 3.05) is 12.4 Å². The van der Waals surface area contributed by atoms with Crippen molar-refractivity contribution in [3.05, 3.63) is 70.9 Å². The van der Waals surface area contributed by atoms with Gasteiger partial charge in [-0.1, -0.05) is 61.2 Å². The molecular formula is C26H29Cl2N3O2. The van der Waals surface area contributed by atoms with Crippen molar-refractivity contribution in [2.24, 2.45) is 0 Å². The molecule has 1 unspecified atom stereocenters. The van der Waals surface area contributed by atoms with Gasteiger partial charge < -0.3 is 15.2 Å². The maximum Gasteiger partial charge on any atom is 0.247 e. The van der Waals surface area contributed by atoms with Gasteiger partial charge in [-0.15, -0.1) is 11.6 Å². The number of carbonyl (C=O) groups is 2. The molecule has 0 saturated heterocycles. The topological polar surface area (TPSA) is 65.2 Å². The Morgan fingerprint density at radius 2 is 1.79 bits per heavy atom. The summed E-state index contributed by atoms with van der Waals surface area (Å²) < 4.78 is 0. The van der Waals surface area contributed by atoms with E-state index in [1.165, 1.54) is 6.42 Å². The third-order valence-electron chi connectivity index (χ3n) is 6.43. The third-order valence-corrected chi connectivity index (χ3v) is 6.91. The van der Waals surface area contributed by atoms with Crippen molar-refractivity contribution in [2.45, 2.75) is 50.6 Å². The average molecular weight is 486 g/mol. The molecule has 7 heteroatoms. The summed E-state index contributed by atoms with van der Waals surface area (Å²) in [5.41, 5.74) is 2.87. The molecule has 1 fully saturated rings. The van der Waals surface area contributed by atoms with Crippen LogP contribution in [-0.2, 0) is 16.0 Å². The number of rotatable bonds is 8. The molecule has 0 aliphatic heterocycles. The van der Waals surface area contributed by atoms with Crippen LogP contribution in [0, 0.1) is 0 Å². The summed E-state index contributed by atoms with van der Waals surface area (Å²) in [4.78, 5) is 31.4. The average Bonchev–Trinajstić information content (AvgIpc) is 3.26. The van der Waals surface area contributed by atoms with Crippen molar-refractivity contribution < 1.29 is 9.59 Å². The molecule has 5 nitrogen and oxygen atoms in total. The lowest BCUT2D eigenvalue weighted by atomic mass is 9.94. The molecule has 1 heterocycles. The van der Waals surface area contributed by atoms with Crippen LogP contribution in [0.3, 0.4) is 0 Å². The molecule has 1 atom stereocenters. The van der Waals surface area contributed by atoms with E-state index in [1.807, 2.05) is 36.5 Å². The monoisotopic (exact) mass is 485 g/mol. The van der Waals surface area contributed by atoms with Crippen LogP contribution in [0.25, 0.3) is 10.9 Å². The van der Waals surface area contributed by atoms with Crippen molar-refractivity contribution in [3.63, 3.8) is 0 Å². The number of hydrogen-bond acceptors (Lipinski definition) is 2. The van der Waals surface area contributed by atoms with Gasteiger partial charge in [0.2, 0.25) is 11.8 Å². The van der Waals surface area contributed by atoms with Crippen LogP contribution in [0.5, 0.6) is 0 Å². The van der Waals surface area contributed by atoms with Gasteiger partial charge in [0.05, 0.1) is 0 Å². The van der Waals surface area contributed by atoms with Crippen molar-refractivity contribution in [3.8, 4) is 0 Å². The number of carbonyl (C=O) groups excluding carboxylic acids is 2. The van der Waals surface area contributed by atoms with Gasteiger partial charge in [-0.05, 0) is 48.6 Å². The molecule has 1 aromatic heterocycles. The predicted molar refractivity (Wildman–Crippen MR) is 134 cm³/mol. The highest BCUT2D eigenvalue weighted by Crippen LogP contribution is 2.27. The number of halogens is 2. The highest BCUT2D eigenvalue weighted by molar-refractivity contribution is 6.30. The first-order chi connectivity index (χ1) is 16.1. The summed E-state index contributed by atoms with van der Waals surface area (Å²) >= 11 is 12.1. The Bertz CT molecular complexity index is 1090. The molecule has 2 amide bonds. The number of nitrogens with one attached hydrogen (secondary N) is 2. The fourth-order valence-corrected chi connectivity index (χ4v) is 4.98. The predicted octanol–water partition coefficient (Wildman–Crippen LogP) is 5.62. The summed E-state index contributed by atoms with van der Waals surface area (Å²) in [7, 11) is 0. The molecule has 0 bridgehead atoms. The standard InChI is InChI=1S/C26H29Cl2N3O2/c27-16-24(32)31(15-14-19-17-29-23-9-5-4-8-22(19)23)25(18-10-12-20(28)13-11-18)26(33)30-21-6-2-1-3-7-21/h4-5,8-13,17,21,25,29H,1-3,6-7,14-16H2,(H,30,33). The Kier molecular flexibility index (Phi) is 7.94. The van der Waals surface area contributed by atoms with E-state index >= 15 is 0 Å². The summed E-state index contributed by atoms with van der Waals surface area (Å²) in [5, 5.41) is 4.90. The quantitative estimate of drug-likeness (QED) is 0.406. The number of aromatic nitrogens is 1. The molecule has 0 spiro atoms. The minimum absolute atomic E-state index is 0.141. The molecule has 174 valence electrons. The zero-order chi connectivity index (χ0) is 23.2. The van der Waals surface area contributed by atoms with Gasteiger partial charge in [0, 0.05) is 34.7 Å². The number of hydrogen-bond donors (Lipinski definition) is 2. The summed E-state index contributed by atoms with van der Waals surface area (Å²) in [5.74, 6) is -0.619. The number of amides is 2. The molecular weight excluding hydrogens is 457 g/mol. The second kappa shape index (κ2) is 11.1. The normalized spacial score (nSPS) is 15.3. The lowest BCUT2D eigenvalue weighted by molar-refractivity contribution is -0.139. The number of para-hydroxylation sites is 1. The Labute approximate surface area is 204 Å². The third kappa shape index (κ3) is 5.71. The number of H-pyrrole nitrogens is 1. The fourth-order valence-electron chi connectivity index (χ4n) is 4.70. The molecule has 1 aliphatic carbocycles. The molecule has 33 heavy (non-hydrogen) atoms. The van der Waals surface area contributed by atoms with Crippen molar-refractivity contribution in [1.29, 1.82) is 0 Å². The number of alkyl halides is 1. The summed E-state index contributed by atoms with van der Waals surface area (Å²) in [6.45, 7) is 0.374. The van der Waals surface area contributed by atoms with E-state index in [0.29, 0.717) is 18.0 Å². The smallest absolute Gasteiger partial charge is 0.247 e. The van der Waals surface area contributed by atoms with E-state index in [1.54, 1.807) is 17.0 Å². The van der Waals surface area contributed by atoms with Crippen LogP contribution in [0.1, 0.15) is 49.3 Å². The van der Waals surface area contributed by atoms with E-state index in [9.17, 15) is 9.59 Å². The van der Waals surface area contributed by atoms with Crippen LogP contribution in [0.2, 0.25) is 5.02 Å². The lowest BCUT2D eigenvalue weighted by Crippen LogP contribution is -2.48. The first kappa shape index (κ1) is 23.7. The SMILES string of the molecule is O=C(NC1CCCCC1)C(c1ccc(Cl)cc1)N(CCc1c[nH]c2ccccc12)C(=O)CCl. The van der Waals surface area contributed by atoms with Gasteiger partial charge >= 0.3 is 0 Å². The number of aromatic amines is 1. The van der Waals surface area contributed by atoms with E-state index in [-0.39, 0.29) is 23.7 Å². The van der Waals surface area contributed by atoms with Crippen molar-refractivity contribution in [1.82, 2.24) is 15.2 Å². The Balaban J connectivity index is 1.61. The van der Waals surface area contributed by atoms with Crippen LogP contribution in [-0.4, -0.2) is 40.2 Å². The minimum atomic E-state index is -0.763. The molecule has 2 aromatic carbocycles. The zero-order valence-corrected chi connectivity index (χ0v) is 20.0. The maximum absolute atomic E-state index is 13.5. The largest absolute Gasteiger partial charge is 0.361 e. The highest BCUT2D eigenvalue weighted by atomic mass is 35.5. The van der Waals surface area contributed by atoms with E-state index in [0.717, 1.165) is 47.7 Å². The van der Waals surface area contributed by atoms with Crippen LogP contribution in [0.15, 0.2) is 54.7 Å². The first-order valence-corrected chi connectivity index (χ1v) is 12.4. The zero-order valence-electron chi connectivity index (χ0n) is 18.5. The number of nitrogens with zero attached hydrogens (tertiary/aromatic N) is 1. The van der Waals surface area contributed by atoms with Crippen molar-refractivity contribution >= 4 is 45.9 Å². The fraction of sp³-hybridized carbons (Fsp3) is 0.385. The van der Waals surface area contributed by atoms with Gasteiger partial charge in [0.25, 0.3) is 0 Å². The molecule has 0 radical (unpaired) electrons. The first-order valence-electron chi connectivity index (χ1n) is 11.5. The van der Waals surface area contributed by atoms with Gasteiger partial charge in [-0.25, -0.2) is 0 Å². The second-order valence-corrected chi connectivity index (χ2v) is 9.33. The Hall–Kier alpha value is -2.50. The number of fused-ring (bicyclic) bond motifs is 1. The van der Waals surface area contributed by atoms with Crippen LogP contribution < -0.4 is 5.32 Å². The molecule has 3 aromatic rings. The summed E-state index contributed by atoms with van der Waals surface area (Å²) in [6.07, 6.45) is 7.94. The Morgan fingerprint density at radius 1 is 1.06 bits per heavy atom. The highest BCUT2D eigenvalue weighted by Gasteiger charge is 2.32. The van der Waals surface area contributed by atoms with E-state index < -0.39 is 6.04 Å². The number of benzene rings is 2. The molecule has 1 aliphatic rings.